The molecule has 1 aliphatic carbocycles. The monoisotopic (exact) mass is 496 g/mol. The van der Waals surface area contributed by atoms with Gasteiger partial charge in [0.2, 0.25) is 11.7 Å². The molecule has 0 atom stereocenters. The first kappa shape index (κ1) is 23.4. The molecule has 1 aliphatic rings. The number of rotatable bonds is 4. The maximum atomic E-state index is 14.1. The first-order chi connectivity index (χ1) is 17.2. The van der Waals surface area contributed by atoms with E-state index < -0.39 is 47.0 Å². The van der Waals surface area contributed by atoms with Crippen molar-refractivity contribution in [3.8, 4) is 22.5 Å². The molecule has 5 rings (SSSR count). The van der Waals surface area contributed by atoms with Gasteiger partial charge in [0.1, 0.15) is 5.69 Å². The van der Waals surface area contributed by atoms with Crippen molar-refractivity contribution in [3.63, 3.8) is 0 Å². The van der Waals surface area contributed by atoms with Crippen LogP contribution in [-0.2, 0) is 24.1 Å². The van der Waals surface area contributed by atoms with Crippen LogP contribution in [0.5, 0.6) is 0 Å². The molecule has 182 valence electrons. The zero-order chi connectivity index (χ0) is 25.6. The van der Waals surface area contributed by atoms with E-state index >= 15 is 0 Å². The van der Waals surface area contributed by atoms with Gasteiger partial charge in [-0.05, 0) is 30.5 Å². The fraction of sp³-hybridized carbons (Fsp3) is 0.115. The Morgan fingerprint density at radius 1 is 0.833 bits per heavy atom. The number of nitrogens with zero attached hydrogens (tertiary/aromatic N) is 2. The molecule has 0 fully saturated rings. The molecule has 0 saturated heterocycles. The molecule has 0 aliphatic heterocycles. The van der Waals surface area contributed by atoms with Gasteiger partial charge in [-0.3, -0.25) is 4.79 Å². The van der Waals surface area contributed by atoms with Crippen LogP contribution in [0.3, 0.4) is 0 Å². The van der Waals surface area contributed by atoms with Gasteiger partial charge in [-0.1, -0.05) is 36.4 Å². The molecule has 0 saturated carbocycles. The van der Waals surface area contributed by atoms with Crippen LogP contribution in [-0.4, -0.2) is 15.9 Å². The third-order valence-electron chi connectivity index (χ3n) is 5.93. The van der Waals surface area contributed by atoms with Crippen molar-refractivity contribution in [1.82, 2.24) is 9.97 Å². The molecule has 4 aromatic rings. The van der Waals surface area contributed by atoms with Crippen LogP contribution < -0.4 is 11.1 Å². The van der Waals surface area contributed by atoms with Crippen LogP contribution in [0.25, 0.3) is 22.5 Å². The van der Waals surface area contributed by atoms with E-state index in [0.29, 0.717) is 35.5 Å². The number of hydrogen-bond acceptors (Lipinski definition) is 4. The number of amides is 1. The Balaban J connectivity index is 1.56. The number of aromatic nitrogens is 2. The maximum Gasteiger partial charge on any atom is 0.230 e. The number of fused-ring (bicyclic) bond motifs is 3. The lowest BCUT2D eigenvalue weighted by Gasteiger charge is -2.21. The van der Waals surface area contributed by atoms with Gasteiger partial charge in [-0.25, -0.2) is 31.9 Å². The normalized spacial score (nSPS) is 12.1. The first-order valence-corrected chi connectivity index (χ1v) is 10.9. The summed E-state index contributed by atoms with van der Waals surface area (Å²) in [4.78, 5) is 22.0. The molecule has 1 amide bonds. The lowest BCUT2D eigenvalue weighted by atomic mass is 9.91. The van der Waals surface area contributed by atoms with Gasteiger partial charge in [-0.15, -0.1) is 0 Å². The number of carbonyl (C=O) groups excluding carboxylic acids is 1. The summed E-state index contributed by atoms with van der Waals surface area (Å²) in [7, 11) is 0. The summed E-state index contributed by atoms with van der Waals surface area (Å²) in [6, 6.07) is 14.2. The Morgan fingerprint density at radius 2 is 1.50 bits per heavy atom. The highest BCUT2D eigenvalue weighted by molar-refractivity contribution is 5.95. The largest absolute Gasteiger partial charge is 0.399 e. The molecule has 0 radical (unpaired) electrons. The Morgan fingerprint density at radius 3 is 2.19 bits per heavy atom. The molecule has 3 N–H and O–H groups in total. The summed E-state index contributed by atoms with van der Waals surface area (Å²) >= 11 is 0. The van der Waals surface area contributed by atoms with Gasteiger partial charge < -0.3 is 11.1 Å². The Labute approximate surface area is 201 Å². The van der Waals surface area contributed by atoms with Crippen LogP contribution in [0.2, 0.25) is 0 Å². The standard InChI is InChI=1S/C26H17F5N4O/c27-19-16(20(28)22(30)23(31)21(19)29)11-18(36)34-26-24(12-4-2-1-3-5-12)35-25-15-8-7-14(32)10-13(15)6-9-17(25)33-26/h1-5,7-8,10H,6,9,11,32H2,(H,33,34,36). The highest BCUT2D eigenvalue weighted by Gasteiger charge is 2.28. The van der Waals surface area contributed by atoms with E-state index in [-0.39, 0.29) is 11.5 Å². The van der Waals surface area contributed by atoms with Crippen molar-refractivity contribution in [2.24, 2.45) is 0 Å². The molecule has 0 spiro atoms. The summed E-state index contributed by atoms with van der Waals surface area (Å²) in [6.45, 7) is 0. The summed E-state index contributed by atoms with van der Waals surface area (Å²) in [5, 5.41) is 2.44. The summed E-state index contributed by atoms with van der Waals surface area (Å²) < 4.78 is 68.7. The van der Waals surface area contributed by atoms with E-state index in [9.17, 15) is 26.7 Å². The van der Waals surface area contributed by atoms with Crippen LogP contribution in [0.4, 0.5) is 33.5 Å². The van der Waals surface area contributed by atoms with E-state index in [1.165, 1.54) is 0 Å². The van der Waals surface area contributed by atoms with Gasteiger partial charge in [0, 0.05) is 22.4 Å². The quantitative estimate of drug-likeness (QED) is 0.172. The van der Waals surface area contributed by atoms with E-state index in [1.54, 1.807) is 36.4 Å². The van der Waals surface area contributed by atoms with Crippen molar-refractivity contribution < 1.29 is 26.7 Å². The number of aryl methyl sites for hydroxylation is 2. The zero-order valence-electron chi connectivity index (χ0n) is 18.5. The first-order valence-electron chi connectivity index (χ1n) is 10.9. The Bertz CT molecular complexity index is 1500. The second-order valence-corrected chi connectivity index (χ2v) is 8.27. The topological polar surface area (TPSA) is 80.9 Å². The van der Waals surface area contributed by atoms with E-state index in [4.69, 9.17) is 10.7 Å². The smallest absolute Gasteiger partial charge is 0.230 e. The van der Waals surface area contributed by atoms with Crippen molar-refractivity contribution in [2.45, 2.75) is 19.3 Å². The third-order valence-corrected chi connectivity index (χ3v) is 5.93. The summed E-state index contributed by atoms with van der Waals surface area (Å²) in [5.41, 5.74) is 9.20. The van der Waals surface area contributed by atoms with Crippen LogP contribution in [0.1, 0.15) is 16.8 Å². The number of carbonyl (C=O) groups is 1. The van der Waals surface area contributed by atoms with Gasteiger partial charge in [0.25, 0.3) is 0 Å². The maximum absolute atomic E-state index is 14.1. The number of hydrogen-bond donors (Lipinski definition) is 2. The number of halogens is 5. The minimum absolute atomic E-state index is 0.00715. The second kappa shape index (κ2) is 9.03. The number of nitrogens with two attached hydrogens (primary N) is 1. The van der Waals surface area contributed by atoms with Gasteiger partial charge in [0.05, 0.1) is 17.8 Å². The fourth-order valence-electron chi connectivity index (χ4n) is 4.19. The Hall–Kier alpha value is -4.34. The molecule has 0 bridgehead atoms. The zero-order valence-corrected chi connectivity index (χ0v) is 18.5. The molecule has 3 aromatic carbocycles. The lowest BCUT2D eigenvalue weighted by molar-refractivity contribution is -0.115. The molecular weight excluding hydrogens is 479 g/mol. The number of benzene rings is 3. The van der Waals surface area contributed by atoms with Gasteiger partial charge >= 0.3 is 0 Å². The number of anilines is 2. The summed E-state index contributed by atoms with van der Waals surface area (Å²) in [5.74, 6) is -11.6. The molecule has 10 heteroatoms. The average Bonchev–Trinajstić information content (AvgIpc) is 2.88. The van der Waals surface area contributed by atoms with Crippen molar-refractivity contribution >= 4 is 17.4 Å². The predicted octanol–water partition coefficient (Wildman–Crippen LogP) is 5.37. The highest BCUT2D eigenvalue weighted by atomic mass is 19.2. The molecule has 0 unspecified atom stereocenters. The Kier molecular flexibility index (Phi) is 5.87. The van der Waals surface area contributed by atoms with Crippen molar-refractivity contribution in [1.29, 1.82) is 0 Å². The highest BCUT2D eigenvalue weighted by Crippen LogP contribution is 2.36. The van der Waals surface area contributed by atoms with E-state index in [1.807, 2.05) is 12.1 Å². The van der Waals surface area contributed by atoms with Gasteiger partial charge in [0.15, 0.2) is 29.1 Å². The van der Waals surface area contributed by atoms with E-state index in [2.05, 4.69) is 10.3 Å². The molecule has 1 heterocycles. The molecular formula is C26H17F5N4O. The fourth-order valence-corrected chi connectivity index (χ4v) is 4.19. The lowest BCUT2D eigenvalue weighted by Crippen LogP contribution is -2.21. The average molecular weight is 496 g/mol. The number of nitrogen functional groups attached to an aromatic ring is 1. The SMILES string of the molecule is Nc1ccc2c(c1)CCc1nc(NC(=O)Cc3c(F)c(F)c(F)c(F)c3F)c(-c3ccccc3)nc1-2. The predicted molar refractivity (Wildman–Crippen MR) is 123 cm³/mol. The molecule has 1 aromatic heterocycles. The molecule has 5 nitrogen and oxygen atoms in total. The molecule has 36 heavy (non-hydrogen) atoms. The van der Waals surface area contributed by atoms with Crippen LogP contribution >= 0.6 is 0 Å². The van der Waals surface area contributed by atoms with Gasteiger partial charge in [-0.2, -0.15) is 0 Å². The number of nitrogens with one attached hydrogen (secondary N) is 1. The minimum atomic E-state index is -2.29. The van der Waals surface area contributed by atoms with Crippen molar-refractivity contribution in [3.05, 3.63) is 94.4 Å². The van der Waals surface area contributed by atoms with Crippen LogP contribution in [0, 0.1) is 29.1 Å². The summed E-state index contributed by atoms with van der Waals surface area (Å²) in [6.07, 6.45) is 0.0277. The second-order valence-electron chi connectivity index (χ2n) is 8.27. The van der Waals surface area contributed by atoms with Crippen LogP contribution in [0.15, 0.2) is 48.5 Å². The third kappa shape index (κ3) is 4.04. The minimum Gasteiger partial charge on any atom is -0.399 e. The van der Waals surface area contributed by atoms with E-state index in [0.717, 1.165) is 11.1 Å². The van der Waals surface area contributed by atoms with Crippen molar-refractivity contribution in [2.75, 3.05) is 11.1 Å².